The Hall–Kier alpha value is -3.28. The maximum atomic E-state index is 11.2. The van der Waals surface area contributed by atoms with Gasteiger partial charge in [-0.2, -0.15) is 0 Å². The van der Waals surface area contributed by atoms with E-state index in [-0.39, 0.29) is 5.95 Å². The number of benzene rings is 1. The highest BCUT2D eigenvalue weighted by atomic mass is 16.6. The van der Waals surface area contributed by atoms with Gasteiger partial charge in [-0.1, -0.05) is 24.3 Å². The lowest BCUT2D eigenvalue weighted by molar-refractivity contribution is -0.133. The summed E-state index contributed by atoms with van der Waals surface area (Å²) in [6.45, 7) is 1.30. The van der Waals surface area contributed by atoms with Crippen molar-refractivity contribution in [2.75, 3.05) is 0 Å². The predicted octanol–water partition coefficient (Wildman–Crippen LogP) is 3.41. The lowest BCUT2D eigenvalue weighted by atomic mass is 10.2. The van der Waals surface area contributed by atoms with E-state index in [0.29, 0.717) is 17.4 Å². The molecule has 0 N–H and O–H groups in total. The molecule has 0 radical (unpaired) electrons. The first-order chi connectivity index (χ1) is 11.2. The molecule has 0 amide bonds. The van der Waals surface area contributed by atoms with Gasteiger partial charge in [0.15, 0.2) is 11.5 Å². The van der Waals surface area contributed by atoms with Crippen LogP contribution in [0.4, 0.5) is 5.82 Å². The molecule has 0 atom stereocenters. The fourth-order valence-electron chi connectivity index (χ4n) is 1.86. The summed E-state index contributed by atoms with van der Waals surface area (Å²) in [6, 6.07) is 14.7. The number of carbonyl (C=O) groups excluding carboxylic acids is 1. The van der Waals surface area contributed by atoms with Crippen LogP contribution in [-0.2, 0) is 4.79 Å². The molecule has 0 saturated heterocycles. The second kappa shape index (κ2) is 6.65. The van der Waals surface area contributed by atoms with E-state index in [1.807, 2.05) is 36.4 Å². The van der Waals surface area contributed by atoms with Gasteiger partial charge in [-0.25, -0.2) is 15.0 Å². The van der Waals surface area contributed by atoms with Crippen LogP contribution in [0.1, 0.15) is 12.6 Å². The zero-order valence-electron chi connectivity index (χ0n) is 12.3. The molecule has 0 saturated carbocycles. The number of ether oxygens (including phenoxy) is 1. The summed E-state index contributed by atoms with van der Waals surface area (Å²) in [5, 5.41) is 0. The molecule has 0 fully saturated rings. The van der Waals surface area contributed by atoms with Crippen molar-refractivity contribution in [1.82, 2.24) is 9.97 Å². The number of nitrogens with zero attached hydrogens (tertiary/aromatic N) is 3. The van der Waals surface area contributed by atoms with Crippen molar-refractivity contribution in [3.05, 3.63) is 60.4 Å². The van der Waals surface area contributed by atoms with Crippen LogP contribution in [0.3, 0.4) is 0 Å². The van der Waals surface area contributed by atoms with Gasteiger partial charge in [-0.15, -0.1) is 0 Å². The van der Waals surface area contributed by atoms with E-state index in [9.17, 15) is 4.79 Å². The number of esters is 1. The quantitative estimate of drug-likeness (QED) is 0.545. The molecule has 0 unspecified atom stereocenters. The first-order valence-electron chi connectivity index (χ1n) is 6.92. The molecule has 6 nitrogen and oxygen atoms in total. The zero-order valence-corrected chi connectivity index (χ0v) is 12.3. The number of aliphatic imine (C=N–C) groups is 1. The van der Waals surface area contributed by atoms with Crippen LogP contribution in [0.2, 0.25) is 0 Å². The Labute approximate surface area is 132 Å². The summed E-state index contributed by atoms with van der Waals surface area (Å²) in [7, 11) is 0. The summed E-state index contributed by atoms with van der Waals surface area (Å²) in [4.78, 5) is 23.8. The first-order valence-corrected chi connectivity index (χ1v) is 6.92. The second-order valence-corrected chi connectivity index (χ2v) is 4.60. The topological polar surface area (TPSA) is 77.6 Å². The largest absolute Gasteiger partial charge is 0.405 e. The van der Waals surface area contributed by atoms with Crippen LogP contribution in [0.15, 0.2) is 64.1 Å². The molecule has 0 aliphatic rings. The standard InChI is InChI=1S/C17H13N3O3/c1-12(21)22-17-14(11-19-15-9-5-6-10-18-15)20-16(23-17)13-7-3-2-4-8-13/h2-11H,1H3. The normalized spacial score (nSPS) is 10.8. The minimum Gasteiger partial charge on any atom is -0.405 e. The van der Waals surface area contributed by atoms with Gasteiger partial charge in [0.05, 0.1) is 6.21 Å². The molecule has 23 heavy (non-hydrogen) atoms. The Kier molecular flexibility index (Phi) is 4.24. The van der Waals surface area contributed by atoms with Crippen LogP contribution in [0, 0.1) is 0 Å². The smallest absolute Gasteiger partial charge is 0.322 e. The van der Waals surface area contributed by atoms with Crippen molar-refractivity contribution in [2.45, 2.75) is 6.92 Å². The fraction of sp³-hybridized carbons (Fsp3) is 0.0588. The SMILES string of the molecule is CC(=O)Oc1oc(-c2ccccc2)nc1C=Nc1ccccn1. The van der Waals surface area contributed by atoms with E-state index in [1.54, 1.807) is 18.3 Å². The van der Waals surface area contributed by atoms with Crippen molar-refractivity contribution in [3.63, 3.8) is 0 Å². The fourth-order valence-corrected chi connectivity index (χ4v) is 1.86. The minimum atomic E-state index is -0.492. The zero-order chi connectivity index (χ0) is 16.1. The average Bonchev–Trinajstić information content (AvgIpc) is 2.97. The van der Waals surface area contributed by atoms with Gasteiger partial charge >= 0.3 is 11.9 Å². The highest BCUT2D eigenvalue weighted by Crippen LogP contribution is 2.26. The Morgan fingerprint density at radius 3 is 2.65 bits per heavy atom. The van der Waals surface area contributed by atoms with Gasteiger partial charge in [0.1, 0.15) is 0 Å². The number of rotatable bonds is 4. The molecule has 0 spiro atoms. The maximum Gasteiger partial charge on any atom is 0.322 e. The molecule has 2 heterocycles. The van der Waals surface area contributed by atoms with Gasteiger partial charge < -0.3 is 9.15 Å². The van der Waals surface area contributed by atoms with Crippen LogP contribution in [0.25, 0.3) is 11.5 Å². The van der Waals surface area contributed by atoms with Crippen LogP contribution < -0.4 is 4.74 Å². The van der Waals surface area contributed by atoms with Gasteiger partial charge in [0, 0.05) is 18.7 Å². The van der Waals surface area contributed by atoms with Gasteiger partial charge in [-0.3, -0.25) is 4.79 Å². The monoisotopic (exact) mass is 307 g/mol. The molecular formula is C17H13N3O3. The first kappa shape index (κ1) is 14.6. The summed E-state index contributed by atoms with van der Waals surface area (Å²) >= 11 is 0. The van der Waals surface area contributed by atoms with Crippen molar-refractivity contribution in [1.29, 1.82) is 0 Å². The number of pyridine rings is 1. The highest BCUT2D eigenvalue weighted by Gasteiger charge is 2.16. The Morgan fingerprint density at radius 1 is 1.17 bits per heavy atom. The van der Waals surface area contributed by atoms with E-state index in [0.717, 1.165) is 5.56 Å². The minimum absolute atomic E-state index is 0.0102. The Morgan fingerprint density at radius 2 is 1.96 bits per heavy atom. The van der Waals surface area contributed by atoms with E-state index in [1.165, 1.54) is 13.1 Å². The van der Waals surface area contributed by atoms with Crippen molar-refractivity contribution < 1.29 is 13.9 Å². The number of aromatic nitrogens is 2. The Balaban J connectivity index is 1.96. The van der Waals surface area contributed by atoms with E-state index in [4.69, 9.17) is 9.15 Å². The van der Waals surface area contributed by atoms with Gasteiger partial charge in [0.25, 0.3) is 0 Å². The van der Waals surface area contributed by atoms with Gasteiger partial charge in [-0.05, 0) is 24.3 Å². The Bertz CT molecular complexity index is 827. The van der Waals surface area contributed by atoms with Crippen LogP contribution >= 0.6 is 0 Å². The number of hydrogen-bond acceptors (Lipinski definition) is 6. The predicted molar refractivity (Wildman–Crippen MR) is 84.7 cm³/mol. The molecule has 0 bridgehead atoms. The van der Waals surface area contributed by atoms with Crippen molar-refractivity contribution in [3.8, 4) is 17.4 Å². The lowest BCUT2D eigenvalue weighted by Gasteiger charge is -1.95. The van der Waals surface area contributed by atoms with Crippen molar-refractivity contribution in [2.24, 2.45) is 4.99 Å². The van der Waals surface area contributed by atoms with Crippen molar-refractivity contribution >= 4 is 18.0 Å². The van der Waals surface area contributed by atoms with E-state index >= 15 is 0 Å². The number of hydrogen-bond donors (Lipinski definition) is 0. The molecule has 0 aliphatic heterocycles. The second-order valence-electron chi connectivity index (χ2n) is 4.60. The summed E-state index contributed by atoms with van der Waals surface area (Å²) < 4.78 is 10.6. The number of oxazole rings is 1. The van der Waals surface area contributed by atoms with E-state index in [2.05, 4.69) is 15.0 Å². The summed E-state index contributed by atoms with van der Waals surface area (Å²) in [5.41, 5.74) is 1.10. The lowest BCUT2D eigenvalue weighted by Crippen LogP contribution is -2.02. The van der Waals surface area contributed by atoms with Crippen LogP contribution in [0.5, 0.6) is 5.95 Å². The molecule has 3 aromatic rings. The molecule has 3 rings (SSSR count). The third-order valence-corrected chi connectivity index (χ3v) is 2.85. The molecule has 2 aromatic heterocycles. The highest BCUT2D eigenvalue weighted by molar-refractivity contribution is 5.84. The van der Waals surface area contributed by atoms with Gasteiger partial charge in [0.2, 0.25) is 5.89 Å². The molecule has 6 heteroatoms. The molecule has 114 valence electrons. The summed E-state index contributed by atoms with van der Waals surface area (Å²) in [6.07, 6.45) is 3.09. The average molecular weight is 307 g/mol. The van der Waals surface area contributed by atoms with Crippen LogP contribution in [-0.4, -0.2) is 22.2 Å². The molecule has 0 aliphatic carbocycles. The maximum absolute atomic E-state index is 11.2. The molecular weight excluding hydrogens is 294 g/mol. The summed E-state index contributed by atoms with van der Waals surface area (Å²) in [5.74, 6) is 0.388. The third-order valence-electron chi connectivity index (χ3n) is 2.85. The third kappa shape index (κ3) is 3.68. The number of carbonyl (C=O) groups is 1. The van der Waals surface area contributed by atoms with E-state index < -0.39 is 5.97 Å². The molecule has 1 aromatic carbocycles.